The van der Waals surface area contributed by atoms with Crippen molar-refractivity contribution in [2.24, 2.45) is 5.92 Å². The zero-order valence-electron chi connectivity index (χ0n) is 11.0. The SMILES string of the molecule is CC(NC(c1cccs1)C1CC1)c1cccc(Cl)c1. The third-order valence-corrected chi connectivity index (χ3v) is 4.91. The molecule has 1 aliphatic carbocycles. The summed E-state index contributed by atoms with van der Waals surface area (Å²) >= 11 is 7.93. The largest absolute Gasteiger partial charge is 0.302 e. The van der Waals surface area contributed by atoms with E-state index in [-0.39, 0.29) is 0 Å². The zero-order chi connectivity index (χ0) is 13.2. The minimum absolute atomic E-state index is 0.325. The van der Waals surface area contributed by atoms with Gasteiger partial charge < -0.3 is 5.32 Å². The van der Waals surface area contributed by atoms with Crippen molar-refractivity contribution >= 4 is 22.9 Å². The second kappa shape index (κ2) is 5.66. The molecule has 2 unspecified atom stereocenters. The molecule has 1 aromatic carbocycles. The summed E-state index contributed by atoms with van der Waals surface area (Å²) in [4.78, 5) is 1.45. The van der Waals surface area contributed by atoms with Crippen LogP contribution in [0, 0.1) is 5.92 Å². The molecule has 3 rings (SSSR count). The average Bonchev–Trinajstić information content (AvgIpc) is 3.10. The first-order valence-electron chi connectivity index (χ1n) is 6.79. The highest BCUT2D eigenvalue weighted by atomic mass is 35.5. The fourth-order valence-electron chi connectivity index (χ4n) is 2.49. The molecular weight excluding hydrogens is 274 g/mol. The molecule has 1 heterocycles. The van der Waals surface area contributed by atoms with Gasteiger partial charge in [-0.2, -0.15) is 0 Å². The Morgan fingerprint density at radius 1 is 1.26 bits per heavy atom. The lowest BCUT2D eigenvalue weighted by Gasteiger charge is -2.23. The maximum absolute atomic E-state index is 6.07. The minimum atomic E-state index is 0.325. The van der Waals surface area contributed by atoms with Crippen LogP contribution in [0.3, 0.4) is 0 Å². The van der Waals surface area contributed by atoms with E-state index in [1.807, 2.05) is 23.5 Å². The molecule has 0 spiro atoms. The summed E-state index contributed by atoms with van der Waals surface area (Å²) in [6, 6.07) is 13.3. The molecule has 0 bridgehead atoms. The van der Waals surface area contributed by atoms with Gasteiger partial charge in [-0.05, 0) is 54.8 Å². The Morgan fingerprint density at radius 2 is 2.11 bits per heavy atom. The highest BCUT2D eigenvalue weighted by Crippen LogP contribution is 2.43. The van der Waals surface area contributed by atoms with Crippen LogP contribution in [0.2, 0.25) is 5.02 Å². The summed E-state index contributed by atoms with van der Waals surface area (Å²) in [5.41, 5.74) is 1.26. The molecular formula is C16H18ClNS. The number of nitrogens with one attached hydrogen (secondary N) is 1. The number of benzene rings is 1. The molecule has 1 fully saturated rings. The summed E-state index contributed by atoms with van der Waals surface area (Å²) in [5.74, 6) is 0.806. The number of halogens is 1. The summed E-state index contributed by atoms with van der Waals surface area (Å²) < 4.78 is 0. The fourth-order valence-corrected chi connectivity index (χ4v) is 3.57. The van der Waals surface area contributed by atoms with Gasteiger partial charge in [-0.15, -0.1) is 11.3 Å². The standard InChI is InChI=1S/C16H18ClNS/c1-11(13-4-2-5-14(17)10-13)18-16(12-7-8-12)15-6-3-9-19-15/h2-6,9-12,16,18H,7-8H2,1H3. The van der Waals surface area contributed by atoms with E-state index in [2.05, 4.69) is 41.9 Å². The Kier molecular flexibility index (Phi) is 3.92. The van der Waals surface area contributed by atoms with E-state index in [9.17, 15) is 0 Å². The van der Waals surface area contributed by atoms with Gasteiger partial charge in [0.1, 0.15) is 0 Å². The van der Waals surface area contributed by atoms with Crippen LogP contribution < -0.4 is 5.32 Å². The van der Waals surface area contributed by atoms with E-state index in [1.54, 1.807) is 0 Å². The van der Waals surface area contributed by atoms with E-state index < -0.39 is 0 Å². The van der Waals surface area contributed by atoms with Gasteiger partial charge in [0, 0.05) is 22.0 Å². The van der Waals surface area contributed by atoms with E-state index in [0.29, 0.717) is 12.1 Å². The Morgan fingerprint density at radius 3 is 2.74 bits per heavy atom. The van der Waals surface area contributed by atoms with Crippen molar-refractivity contribution in [1.29, 1.82) is 0 Å². The van der Waals surface area contributed by atoms with Crippen LogP contribution in [-0.4, -0.2) is 0 Å². The van der Waals surface area contributed by atoms with Crippen LogP contribution in [0.1, 0.15) is 42.3 Å². The van der Waals surface area contributed by atoms with Crippen molar-refractivity contribution in [2.45, 2.75) is 31.8 Å². The van der Waals surface area contributed by atoms with Crippen molar-refractivity contribution in [3.8, 4) is 0 Å². The van der Waals surface area contributed by atoms with Crippen molar-refractivity contribution in [2.75, 3.05) is 0 Å². The van der Waals surface area contributed by atoms with E-state index in [4.69, 9.17) is 11.6 Å². The Labute approximate surface area is 123 Å². The lowest BCUT2D eigenvalue weighted by atomic mass is 10.0. The van der Waals surface area contributed by atoms with E-state index >= 15 is 0 Å². The van der Waals surface area contributed by atoms with E-state index in [1.165, 1.54) is 23.3 Å². The van der Waals surface area contributed by atoms with Crippen LogP contribution in [0.25, 0.3) is 0 Å². The average molecular weight is 292 g/mol. The van der Waals surface area contributed by atoms with Crippen molar-refractivity contribution in [1.82, 2.24) is 5.32 Å². The van der Waals surface area contributed by atoms with Crippen molar-refractivity contribution in [3.05, 3.63) is 57.2 Å². The Bertz CT molecular complexity index is 533. The molecule has 0 aliphatic heterocycles. The van der Waals surface area contributed by atoms with Gasteiger partial charge in [-0.25, -0.2) is 0 Å². The molecule has 3 heteroatoms. The predicted octanol–water partition coefficient (Wildman–Crippen LogP) is 5.20. The van der Waals surface area contributed by atoms with Gasteiger partial charge >= 0.3 is 0 Å². The quantitative estimate of drug-likeness (QED) is 0.798. The Balaban J connectivity index is 1.75. The Hall–Kier alpha value is -0.830. The number of hydrogen-bond acceptors (Lipinski definition) is 2. The number of thiophene rings is 1. The van der Waals surface area contributed by atoms with Crippen LogP contribution in [0.15, 0.2) is 41.8 Å². The van der Waals surface area contributed by atoms with Gasteiger partial charge in [0.15, 0.2) is 0 Å². The molecule has 1 aromatic heterocycles. The van der Waals surface area contributed by atoms with Gasteiger partial charge in [-0.3, -0.25) is 0 Å². The normalized spacial score (nSPS) is 18.2. The van der Waals surface area contributed by atoms with Crippen molar-refractivity contribution < 1.29 is 0 Å². The molecule has 1 aliphatic rings. The molecule has 2 atom stereocenters. The molecule has 1 nitrogen and oxygen atoms in total. The zero-order valence-corrected chi connectivity index (χ0v) is 12.5. The molecule has 1 saturated carbocycles. The lowest BCUT2D eigenvalue weighted by Crippen LogP contribution is -2.25. The third kappa shape index (κ3) is 3.19. The molecule has 2 aromatic rings. The smallest absolute Gasteiger partial charge is 0.0448 e. The highest BCUT2D eigenvalue weighted by molar-refractivity contribution is 7.10. The van der Waals surface area contributed by atoms with Gasteiger partial charge in [0.05, 0.1) is 0 Å². The summed E-state index contributed by atoms with van der Waals surface area (Å²) in [6.45, 7) is 2.22. The first kappa shape index (κ1) is 13.2. The van der Waals surface area contributed by atoms with Gasteiger partial charge in [0.2, 0.25) is 0 Å². The second-order valence-corrected chi connectivity index (χ2v) is 6.69. The number of hydrogen-bond donors (Lipinski definition) is 1. The van der Waals surface area contributed by atoms with Crippen LogP contribution in [0.4, 0.5) is 0 Å². The third-order valence-electron chi connectivity index (χ3n) is 3.72. The first-order chi connectivity index (χ1) is 9.24. The molecule has 0 saturated heterocycles. The lowest BCUT2D eigenvalue weighted by molar-refractivity contribution is 0.433. The van der Waals surface area contributed by atoms with Crippen LogP contribution >= 0.6 is 22.9 Å². The molecule has 0 radical (unpaired) electrons. The maximum atomic E-state index is 6.07. The highest BCUT2D eigenvalue weighted by Gasteiger charge is 2.33. The van der Waals surface area contributed by atoms with Gasteiger partial charge in [0.25, 0.3) is 0 Å². The van der Waals surface area contributed by atoms with E-state index in [0.717, 1.165) is 10.9 Å². The number of rotatable bonds is 5. The molecule has 100 valence electrons. The fraction of sp³-hybridized carbons (Fsp3) is 0.375. The van der Waals surface area contributed by atoms with Gasteiger partial charge in [-0.1, -0.05) is 29.8 Å². The topological polar surface area (TPSA) is 12.0 Å². The molecule has 1 N–H and O–H groups in total. The summed E-state index contributed by atoms with van der Waals surface area (Å²) in [6.07, 6.45) is 2.69. The first-order valence-corrected chi connectivity index (χ1v) is 8.05. The molecule has 19 heavy (non-hydrogen) atoms. The second-order valence-electron chi connectivity index (χ2n) is 5.27. The van der Waals surface area contributed by atoms with Crippen LogP contribution in [0.5, 0.6) is 0 Å². The monoisotopic (exact) mass is 291 g/mol. The van der Waals surface area contributed by atoms with Crippen molar-refractivity contribution in [3.63, 3.8) is 0 Å². The maximum Gasteiger partial charge on any atom is 0.0448 e. The predicted molar refractivity (Wildman–Crippen MR) is 82.8 cm³/mol. The summed E-state index contributed by atoms with van der Waals surface area (Å²) in [7, 11) is 0. The van der Waals surface area contributed by atoms with Crippen LogP contribution in [-0.2, 0) is 0 Å². The minimum Gasteiger partial charge on any atom is -0.302 e. The molecule has 0 amide bonds. The summed E-state index contributed by atoms with van der Waals surface area (Å²) in [5, 5.41) is 6.75.